The standard InChI is InChI=1S/C30H31N3O6S/c1-14-25(36)23(16(3)34)27-24(26(14)37)30(4)21(39-27)13-20(35)22(28(30)38)15(2)31-18(11-12-40-6)29-32-17-9-7-8-10-19(17)33(29)5/h7-10,13,18,31,36-37H,11-12H2,1-6H3. The van der Waals surface area contributed by atoms with Gasteiger partial charge in [0.05, 0.1) is 28.2 Å². The van der Waals surface area contributed by atoms with E-state index in [1.165, 1.54) is 19.9 Å². The molecule has 3 aromatic rings. The minimum atomic E-state index is -1.57. The maximum Gasteiger partial charge on any atom is 0.194 e. The average Bonchev–Trinajstić information content (AvgIpc) is 3.39. The van der Waals surface area contributed by atoms with Gasteiger partial charge in [0.1, 0.15) is 39.8 Å². The minimum Gasteiger partial charge on any atom is -0.507 e. The van der Waals surface area contributed by atoms with E-state index >= 15 is 0 Å². The number of ketones is 3. The monoisotopic (exact) mass is 561 g/mol. The molecule has 10 heteroatoms. The summed E-state index contributed by atoms with van der Waals surface area (Å²) >= 11 is 1.68. The summed E-state index contributed by atoms with van der Waals surface area (Å²) in [5.74, 6) is -0.885. The van der Waals surface area contributed by atoms with Gasteiger partial charge in [-0.1, -0.05) is 12.1 Å². The summed E-state index contributed by atoms with van der Waals surface area (Å²) in [6.07, 6.45) is 3.93. The second-order valence-electron chi connectivity index (χ2n) is 10.4. The van der Waals surface area contributed by atoms with E-state index in [0.717, 1.165) is 22.6 Å². The number of aryl methyl sites for hydroxylation is 1. The molecule has 0 fully saturated rings. The quantitative estimate of drug-likeness (QED) is 0.216. The Morgan fingerprint density at radius 1 is 1.20 bits per heavy atom. The van der Waals surface area contributed by atoms with E-state index in [1.54, 1.807) is 25.6 Å². The first-order chi connectivity index (χ1) is 18.9. The van der Waals surface area contributed by atoms with Gasteiger partial charge >= 0.3 is 0 Å². The number of nitrogens with one attached hydrogen (secondary N) is 1. The predicted octanol–water partition coefficient (Wildman–Crippen LogP) is 4.54. The van der Waals surface area contributed by atoms with Crippen molar-refractivity contribution in [3.8, 4) is 17.2 Å². The number of rotatable bonds is 7. The molecule has 208 valence electrons. The number of carbonyl (C=O) groups is 3. The van der Waals surface area contributed by atoms with Crippen LogP contribution in [0.15, 0.2) is 47.4 Å². The number of aromatic hydroxyl groups is 2. The van der Waals surface area contributed by atoms with Crippen molar-refractivity contribution >= 4 is 40.1 Å². The number of para-hydroxylation sites is 2. The second-order valence-corrected chi connectivity index (χ2v) is 11.4. The molecule has 1 aliphatic carbocycles. The third kappa shape index (κ3) is 3.92. The smallest absolute Gasteiger partial charge is 0.194 e. The first kappa shape index (κ1) is 27.5. The van der Waals surface area contributed by atoms with Gasteiger partial charge in [0.2, 0.25) is 0 Å². The normalized spacial score (nSPS) is 20.1. The predicted molar refractivity (Wildman–Crippen MR) is 153 cm³/mol. The lowest BCUT2D eigenvalue weighted by molar-refractivity contribution is -0.123. The zero-order valence-corrected chi connectivity index (χ0v) is 24.0. The number of nitrogens with zero attached hydrogens (tertiary/aromatic N) is 2. The van der Waals surface area contributed by atoms with E-state index in [4.69, 9.17) is 9.72 Å². The fourth-order valence-electron chi connectivity index (χ4n) is 5.67. The number of Topliss-reactive ketones (excluding diaryl/α,β-unsaturated/α-hetero) is 2. The summed E-state index contributed by atoms with van der Waals surface area (Å²) in [7, 11) is 1.94. The summed E-state index contributed by atoms with van der Waals surface area (Å²) in [6.45, 7) is 5.96. The first-order valence-electron chi connectivity index (χ1n) is 12.9. The third-order valence-corrected chi connectivity index (χ3v) is 8.54. The Morgan fingerprint density at radius 2 is 1.90 bits per heavy atom. The maximum absolute atomic E-state index is 14.2. The van der Waals surface area contributed by atoms with Gasteiger partial charge in [-0.05, 0) is 58.3 Å². The van der Waals surface area contributed by atoms with Crippen LogP contribution in [0.2, 0.25) is 0 Å². The number of fused-ring (bicyclic) bond motifs is 4. The molecule has 0 spiro atoms. The molecule has 2 heterocycles. The minimum absolute atomic E-state index is 0.00568. The number of imidazole rings is 1. The zero-order valence-electron chi connectivity index (χ0n) is 23.2. The Labute approximate surface area is 235 Å². The van der Waals surface area contributed by atoms with Crippen LogP contribution in [0.25, 0.3) is 11.0 Å². The van der Waals surface area contributed by atoms with Crippen LogP contribution in [0.4, 0.5) is 0 Å². The number of aromatic nitrogens is 2. The molecule has 0 bridgehead atoms. The molecule has 3 N–H and O–H groups in total. The van der Waals surface area contributed by atoms with E-state index in [1.807, 2.05) is 42.1 Å². The molecule has 2 aliphatic rings. The Bertz CT molecular complexity index is 1680. The lowest BCUT2D eigenvalue weighted by Crippen LogP contribution is -2.41. The van der Waals surface area contributed by atoms with Crippen LogP contribution in [0.5, 0.6) is 17.2 Å². The molecule has 0 saturated heterocycles. The van der Waals surface area contributed by atoms with Crippen LogP contribution < -0.4 is 10.1 Å². The molecule has 9 nitrogen and oxygen atoms in total. The average molecular weight is 562 g/mol. The zero-order chi connectivity index (χ0) is 29.1. The Kier molecular flexibility index (Phi) is 6.78. The molecule has 0 amide bonds. The second kappa shape index (κ2) is 9.85. The highest BCUT2D eigenvalue weighted by Gasteiger charge is 2.56. The van der Waals surface area contributed by atoms with Gasteiger partial charge in [-0.2, -0.15) is 11.8 Å². The molecule has 0 saturated carbocycles. The SMILES string of the molecule is CSCCC(NC(C)=C1C(=O)C=C2Oc3c(C(C)=O)c(O)c(C)c(O)c3C2(C)C1=O)c1nc2ccccc2n1C. The van der Waals surface area contributed by atoms with Gasteiger partial charge in [-0.15, -0.1) is 0 Å². The number of phenols is 2. The molecule has 0 radical (unpaired) electrons. The molecule has 2 unspecified atom stereocenters. The highest BCUT2D eigenvalue weighted by molar-refractivity contribution is 7.98. The lowest BCUT2D eigenvalue weighted by Gasteiger charge is -2.30. The lowest BCUT2D eigenvalue weighted by atomic mass is 9.70. The molecule has 5 rings (SSSR count). The van der Waals surface area contributed by atoms with Gasteiger partial charge in [0.15, 0.2) is 17.3 Å². The summed E-state index contributed by atoms with van der Waals surface area (Å²) in [6, 6.07) is 7.52. The summed E-state index contributed by atoms with van der Waals surface area (Å²) < 4.78 is 7.87. The number of carbonyl (C=O) groups excluding carboxylic acids is 3. The van der Waals surface area contributed by atoms with Crippen LogP contribution >= 0.6 is 11.8 Å². The van der Waals surface area contributed by atoms with E-state index in [-0.39, 0.29) is 45.6 Å². The van der Waals surface area contributed by atoms with E-state index in [0.29, 0.717) is 12.1 Å². The Morgan fingerprint density at radius 3 is 2.55 bits per heavy atom. The van der Waals surface area contributed by atoms with Crippen molar-refractivity contribution < 1.29 is 29.3 Å². The fraction of sp³-hybridized carbons (Fsp3) is 0.333. The molecule has 1 aromatic heterocycles. The van der Waals surface area contributed by atoms with Gasteiger partial charge in [-0.25, -0.2) is 4.98 Å². The fourth-order valence-corrected chi connectivity index (χ4v) is 6.14. The number of hydrogen-bond acceptors (Lipinski definition) is 9. The summed E-state index contributed by atoms with van der Waals surface area (Å²) in [4.78, 5) is 44.8. The highest BCUT2D eigenvalue weighted by atomic mass is 32.2. The number of phenolic OH excluding ortho intramolecular Hbond substituents is 2. The number of ether oxygens (including phenoxy) is 1. The number of benzene rings is 2. The molecule has 1 aliphatic heterocycles. The van der Waals surface area contributed by atoms with Gasteiger partial charge < -0.3 is 24.8 Å². The molecule has 2 aromatic carbocycles. The molecular formula is C30H31N3O6S. The van der Waals surface area contributed by atoms with Crippen LogP contribution in [0, 0.1) is 6.92 Å². The molecular weight excluding hydrogens is 530 g/mol. The van der Waals surface area contributed by atoms with Gasteiger partial charge in [-0.3, -0.25) is 14.4 Å². The van der Waals surface area contributed by atoms with Crippen LogP contribution in [-0.2, 0) is 22.1 Å². The van der Waals surface area contributed by atoms with Gasteiger partial charge in [0.25, 0.3) is 0 Å². The first-order valence-corrected chi connectivity index (χ1v) is 14.3. The summed E-state index contributed by atoms with van der Waals surface area (Å²) in [5, 5.41) is 25.0. The van der Waals surface area contributed by atoms with Crippen molar-refractivity contribution in [1.82, 2.24) is 14.9 Å². The number of thioether (sulfide) groups is 1. The molecule has 40 heavy (non-hydrogen) atoms. The summed E-state index contributed by atoms with van der Waals surface area (Å²) in [5.41, 5.74) is 0.544. The maximum atomic E-state index is 14.2. The Balaban J connectivity index is 1.62. The van der Waals surface area contributed by atoms with Gasteiger partial charge in [0, 0.05) is 24.4 Å². The van der Waals surface area contributed by atoms with E-state index < -0.39 is 28.5 Å². The van der Waals surface area contributed by atoms with Crippen molar-refractivity contribution in [3.63, 3.8) is 0 Å². The highest BCUT2D eigenvalue weighted by Crippen LogP contribution is 2.57. The number of hydrogen-bond donors (Lipinski definition) is 3. The van der Waals surface area contributed by atoms with Crippen LogP contribution in [-0.4, -0.2) is 49.1 Å². The number of allylic oxidation sites excluding steroid dienone is 4. The van der Waals surface area contributed by atoms with Crippen molar-refractivity contribution in [1.29, 1.82) is 0 Å². The largest absolute Gasteiger partial charge is 0.507 e. The van der Waals surface area contributed by atoms with E-state index in [2.05, 4.69) is 5.32 Å². The van der Waals surface area contributed by atoms with Crippen molar-refractivity contribution in [3.05, 3.63) is 69.9 Å². The van der Waals surface area contributed by atoms with Crippen LogP contribution in [0.1, 0.15) is 60.5 Å². The topological polar surface area (TPSA) is 131 Å². The third-order valence-electron chi connectivity index (χ3n) is 7.89. The van der Waals surface area contributed by atoms with Crippen LogP contribution in [0.3, 0.4) is 0 Å². The Hall–Kier alpha value is -4.05. The van der Waals surface area contributed by atoms with Crippen molar-refractivity contribution in [2.45, 2.75) is 45.6 Å². The molecule has 2 atom stereocenters. The van der Waals surface area contributed by atoms with E-state index in [9.17, 15) is 24.6 Å². The van der Waals surface area contributed by atoms with Crippen molar-refractivity contribution in [2.24, 2.45) is 7.05 Å². The van der Waals surface area contributed by atoms with Crippen molar-refractivity contribution in [2.75, 3.05) is 12.0 Å².